The van der Waals surface area contributed by atoms with Crippen molar-refractivity contribution in [3.8, 4) is 5.75 Å². The highest BCUT2D eigenvalue weighted by Crippen LogP contribution is 2.33. The second-order valence-corrected chi connectivity index (χ2v) is 5.16. The second-order valence-electron chi connectivity index (χ2n) is 5.16. The van der Waals surface area contributed by atoms with Crippen LogP contribution in [0.5, 0.6) is 5.75 Å². The summed E-state index contributed by atoms with van der Waals surface area (Å²) < 4.78 is 19.9. The van der Waals surface area contributed by atoms with E-state index < -0.39 is 5.67 Å². The fraction of sp³-hybridized carbons (Fsp3) is 0.643. The Kier molecular flexibility index (Phi) is 4.17. The van der Waals surface area contributed by atoms with Gasteiger partial charge in [0.2, 0.25) is 0 Å². The van der Waals surface area contributed by atoms with Crippen LogP contribution in [0.25, 0.3) is 0 Å². The SMILES string of the molecule is COc1cncc(C(C)(F)CC2CCCCN2)c1. The molecule has 1 fully saturated rings. The lowest BCUT2D eigenvalue weighted by atomic mass is 9.88. The van der Waals surface area contributed by atoms with Crippen molar-refractivity contribution >= 4 is 0 Å². The number of nitrogens with one attached hydrogen (secondary N) is 1. The van der Waals surface area contributed by atoms with Gasteiger partial charge in [-0.1, -0.05) is 6.42 Å². The molecule has 0 spiro atoms. The zero-order valence-electron chi connectivity index (χ0n) is 11.1. The first-order chi connectivity index (χ1) is 8.62. The Hall–Kier alpha value is -1.16. The third kappa shape index (κ3) is 3.19. The van der Waals surface area contributed by atoms with Crippen LogP contribution in [0.2, 0.25) is 0 Å². The van der Waals surface area contributed by atoms with Gasteiger partial charge in [-0.2, -0.15) is 0 Å². The van der Waals surface area contributed by atoms with E-state index in [2.05, 4.69) is 10.3 Å². The van der Waals surface area contributed by atoms with E-state index in [0.717, 1.165) is 13.0 Å². The quantitative estimate of drug-likeness (QED) is 0.894. The van der Waals surface area contributed by atoms with Crippen LogP contribution < -0.4 is 10.1 Å². The first-order valence-corrected chi connectivity index (χ1v) is 6.53. The van der Waals surface area contributed by atoms with Crippen molar-refractivity contribution in [2.75, 3.05) is 13.7 Å². The highest BCUT2D eigenvalue weighted by molar-refractivity contribution is 5.27. The second kappa shape index (κ2) is 5.65. The van der Waals surface area contributed by atoms with Crippen molar-refractivity contribution in [1.82, 2.24) is 10.3 Å². The van der Waals surface area contributed by atoms with Crippen LogP contribution in [0.3, 0.4) is 0 Å². The van der Waals surface area contributed by atoms with E-state index in [1.165, 1.54) is 12.8 Å². The van der Waals surface area contributed by atoms with E-state index >= 15 is 0 Å². The van der Waals surface area contributed by atoms with Gasteiger partial charge in [0.25, 0.3) is 0 Å². The molecule has 100 valence electrons. The Balaban J connectivity index is 2.08. The summed E-state index contributed by atoms with van der Waals surface area (Å²) in [6, 6.07) is 2.00. The van der Waals surface area contributed by atoms with E-state index in [9.17, 15) is 4.39 Å². The van der Waals surface area contributed by atoms with Gasteiger partial charge in [0.1, 0.15) is 11.4 Å². The van der Waals surface area contributed by atoms with Crippen molar-refractivity contribution in [2.45, 2.75) is 44.3 Å². The molecule has 0 radical (unpaired) electrons. The summed E-state index contributed by atoms with van der Waals surface area (Å²) in [5.74, 6) is 0.605. The number of hydrogen-bond acceptors (Lipinski definition) is 3. The monoisotopic (exact) mass is 252 g/mol. The molecular formula is C14H21FN2O. The topological polar surface area (TPSA) is 34.1 Å². The Morgan fingerprint density at radius 3 is 3.00 bits per heavy atom. The number of piperidine rings is 1. The van der Waals surface area contributed by atoms with E-state index in [0.29, 0.717) is 17.7 Å². The van der Waals surface area contributed by atoms with Crippen molar-refractivity contribution in [3.63, 3.8) is 0 Å². The van der Waals surface area contributed by atoms with Crippen LogP contribution in [0.4, 0.5) is 4.39 Å². The lowest BCUT2D eigenvalue weighted by Crippen LogP contribution is -2.38. The molecular weight excluding hydrogens is 231 g/mol. The van der Waals surface area contributed by atoms with Crippen LogP contribution in [0.15, 0.2) is 18.5 Å². The third-order valence-corrected chi connectivity index (χ3v) is 3.59. The Morgan fingerprint density at radius 1 is 1.50 bits per heavy atom. The number of alkyl halides is 1. The molecule has 2 heterocycles. The van der Waals surface area contributed by atoms with E-state index in [4.69, 9.17) is 4.74 Å². The number of halogens is 1. The predicted octanol–water partition coefficient (Wildman–Crippen LogP) is 2.81. The zero-order chi connectivity index (χ0) is 13.0. The maximum atomic E-state index is 14.8. The molecule has 0 aromatic carbocycles. The van der Waals surface area contributed by atoms with Crippen LogP contribution >= 0.6 is 0 Å². The molecule has 3 nitrogen and oxygen atoms in total. The molecule has 2 unspecified atom stereocenters. The highest BCUT2D eigenvalue weighted by atomic mass is 19.1. The standard InChI is InChI=1S/C14H21FN2O/c1-14(15,8-12-5-3-4-6-17-12)11-7-13(18-2)10-16-9-11/h7,9-10,12,17H,3-6,8H2,1-2H3. The fourth-order valence-electron chi connectivity index (χ4n) is 2.49. The predicted molar refractivity (Wildman–Crippen MR) is 69.5 cm³/mol. The Bertz CT molecular complexity index is 389. The molecule has 2 atom stereocenters. The summed E-state index contributed by atoms with van der Waals surface area (Å²) in [6.45, 7) is 2.62. The summed E-state index contributed by atoms with van der Waals surface area (Å²) in [5.41, 5.74) is -0.773. The van der Waals surface area contributed by atoms with Gasteiger partial charge in [0.15, 0.2) is 0 Å². The van der Waals surface area contributed by atoms with Gasteiger partial charge in [-0.05, 0) is 32.4 Å². The summed E-state index contributed by atoms with van der Waals surface area (Å²) >= 11 is 0. The van der Waals surface area contributed by atoms with E-state index in [1.807, 2.05) is 0 Å². The number of aromatic nitrogens is 1. The highest BCUT2D eigenvalue weighted by Gasteiger charge is 2.31. The van der Waals surface area contributed by atoms with Gasteiger partial charge in [-0.15, -0.1) is 0 Å². The van der Waals surface area contributed by atoms with Crippen molar-refractivity contribution in [2.24, 2.45) is 0 Å². The van der Waals surface area contributed by atoms with Gasteiger partial charge in [0.05, 0.1) is 13.3 Å². The first kappa shape index (κ1) is 13.3. The summed E-state index contributed by atoms with van der Waals surface area (Å²) in [5, 5.41) is 3.38. The van der Waals surface area contributed by atoms with E-state index in [1.54, 1.807) is 32.5 Å². The van der Waals surface area contributed by atoms with Crippen molar-refractivity contribution in [1.29, 1.82) is 0 Å². The Morgan fingerprint density at radius 2 is 2.33 bits per heavy atom. The van der Waals surface area contributed by atoms with Gasteiger partial charge < -0.3 is 10.1 Å². The average molecular weight is 252 g/mol. The molecule has 0 saturated carbocycles. The zero-order valence-corrected chi connectivity index (χ0v) is 11.1. The smallest absolute Gasteiger partial charge is 0.137 e. The first-order valence-electron chi connectivity index (χ1n) is 6.53. The molecule has 1 aromatic heterocycles. The van der Waals surface area contributed by atoms with Gasteiger partial charge in [-0.25, -0.2) is 4.39 Å². The Labute approximate surface area is 108 Å². The molecule has 1 aliphatic heterocycles. The molecule has 0 bridgehead atoms. The van der Waals surface area contributed by atoms with Crippen LogP contribution in [-0.4, -0.2) is 24.7 Å². The molecule has 0 amide bonds. The molecule has 1 saturated heterocycles. The van der Waals surface area contributed by atoms with Crippen molar-refractivity contribution < 1.29 is 9.13 Å². The van der Waals surface area contributed by atoms with Gasteiger partial charge in [0, 0.05) is 24.2 Å². The van der Waals surface area contributed by atoms with Crippen molar-refractivity contribution in [3.05, 3.63) is 24.0 Å². The maximum absolute atomic E-state index is 14.8. The minimum absolute atomic E-state index is 0.264. The van der Waals surface area contributed by atoms with Crippen LogP contribution in [0, 0.1) is 0 Å². The number of pyridine rings is 1. The average Bonchev–Trinajstić information content (AvgIpc) is 2.39. The molecule has 18 heavy (non-hydrogen) atoms. The lowest BCUT2D eigenvalue weighted by molar-refractivity contribution is 0.145. The fourth-order valence-corrected chi connectivity index (χ4v) is 2.49. The molecule has 1 aliphatic rings. The third-order valence-electron chi connectivity index (χ3n) is 3.59. The summed E-state index contributed by atoms with van der Waals surface area (Å²) in [7, 11) is 1.57. The maximum Gasteiger partial charge on any atom is 0.137 e. The summed E-state index contributed by atoms with van der Waals surface area (Å²) in [4.78, 5) is 4.03. The van der Waals surface area contributed by atoms with E-state index in [-0.39, 0.29) is 6.04 Å². The number of methoxy groups -OCH3 is 1. The lowest BCUT2D eigenvalue weighted by Gasteiger charge is -2.30. The minimum atomic E-state index is -1.36. The molecule has 1 aromatic rings. The van der Waals surface area contributed by atoms with Crippen LogP contribution in [0.1, 0.15) is 38.2 Å². The molecule has 2 rings (SSSR count). The number of hydrogen-bond donors (Lipinski definition) is 1. The van der Waals surface area contributed by atoms with Gasteiger partial charge in [-0.3, -0.25) is 4.98 Å². The molecule has 4 heteroatoms. The molecule has 0 aliphatic carbocycles. The minimum Gasteiger partial charge on any atom is -0.495 e. The number of nitrogens with zero attached hydrogens (tertiary/aromatic N) is 1. The number of ether oxygens (including phenoxy) is 1. The molecule has 1 N–H and O–H groups in total. The summed E-state index contributed by atoms with van der Waals surface area (Å²) in [6.07, 6.45) is 7.10. The van der Waals surface area contributed by atoms with Crippen LogP contribution in [-0.2, 0) is 5.67 Å². The largest absolute Gasteiger partial charge is 0.495 e. The normalized spacial score (nSPS) is 23.4. The van der Waals surface area contributed by atoms with Gasteiger partial charge >= 0.3 is 0 Å². The number of rotatable bonds is 4.